The number of ketones is 2. The molecule has 6 nitrogen and oxygen atoms in total. The number of aliphatic hydroxyl groups excluding tert-OH is 2. The van der Waals surface area contributed by atoms with E-state index < -0.39 is 39.5 Å². The lowest BCUT2D eigenvalue weighted by atomic mass is 9.42. The Hall–Kier alpha value is -1.53. The molecule has 2 N–H and O–H groups in total. The van der Waals surface area contributed by atoms with Crippen molar-refractivity contribution in [2.45, 2.75) is 104 Å². The van der Waals surface area contributed by atoms with Gasteiger partial charge in [-0.2, -0.15) is 0 Å². The fourth-order valence-electron chi connectivity index (χ4n) is 9.08. The highest BCUT2D eigenvalue weighted by molar-refractivity contribution is 6.05. The normalized spacial score (nSPS) is 51.2. The van der Waals surface area contributed by atoms with Gasteiger partial charge < -0.3 is 14.9 Å². The Morgan fingerprint density at radius 1 is 0.939 bits per heavy atom. The van der Waals surface area contributed by atoms with E-state index in [-0.39, 0.29) is 42.2 Å². The van der Waals surface area contributed by atoms with Crippen LogP contribution in [-0.2, 0) is 19.1 Å². The summed E-state index contributed by atoms with van der Waals surface area (Å²) in [6.45, 7) is 12.0. The van der Waals surface area contributed by atoms with Crippen LogP contribution in [0.3, 0.4) is 0 Å². The molecule has 182 valence electrons. The smallest absolute Gasteiger partial charge is 0.306 e. The molecule has 0 spiro atoms. The molecule has 0 aromatic carbocycles. The lowest BCUT2D eigenvalue weighted by Crippen LogP contribution is -2.61. The van der Waals surface area contributed by atoms with Gasteiger partial charge in [0.05, 0.1) is 17.6 Å². The van der Waals surface area contributed by atoms with Gasteiger partial charge in [0.1, 0.15) is 11.4 Å². The first kappa shape index (κ1) is 23.2. The maximum Gasteiger partial charge on any atom is 0.306 e. The van der Waals surface area contributed by atoms with E-state index >= 15 is 0 Å². The fourth-order valence-corrected chi connectivity index (χ4v) is 9.08. The van der Waals surface area contributed by atoms with Crippen LogP contribution in [-0.4, -0.2) is 45.6 Å². The minimum Gasteiger partial charge on any atom is -0.459 e. The van der Waals surface area contributed by atoms with Gasteiger partial charge in [0.2, 0.25) is 0 Å². The predicted octanol–water partition coefficient (Wildman–Crippen LogP) is 3.52. The maximum absolute atomic E-state index is 14.0. The number of Topliss-reactive ketones (excluding diaryl/α,β-unsaturated/α-hetero) is 2. The summed E-state index contributed by atoms with van der Waals surface area (Å²) in [5.41, 5.74) is -2.15. The second kappa shape index (κ2) is 6.57. The molecule has 5 rings (SSSR count). The maximum atomic E-state index is 14.0. The molecule has 0 aromatic heterocycles. The van der Waals surface area contributed by atoms with Crippen LogP contribution in [0.25, 0.3) is 0 Å². The Morgan fingerprint density at radius 3 is 2.21 bits per heavy atom. The average molecular weight is 459 g/mol. The number of cyclic esters (lactones) is 1. The van der Waals surface area contributed by atoms with Crippen LogP contribution in [0.4, 0.5) is 0 Å². The predicted molar refractivity (Wildman–Crippen MR) is 121 cm³/mol. The zero-order valence-corrected chi connectivity index (χ0v) is 20.8. The van der Waals surface area contributed by atoms with Gasteiger partial charge in [0, 0.05) is 30.8 Å². The van der Waals surface area contributed by atoms with Crippen LogP contribution in [0.1, 0.15) is 86.5 Å². The molecule has 8 atom stereocenters. The summed E-state index contributed by atoms with van der Waals surface area (Å²) in [7, 11) is 0. The van der Waals surface area contributed by atoms with Crippen molar-refractivity contribution in [3.63, 3.8) is 0 Å². The molecule has 6 heteroatoms. The van der Waals surface area contributed by atoms with Crippen LogP contribution < -0.4 is 0 Å². The summed E-state index contributed by atoms with van der Waals surface area (Å²) in [5, 5.41) is 22.3. The highest BCUT2D eigenvalue weighted by atomic mass is 16.6. The van der Waals surface area contributed by atoms with Gasteiger partial charge in [-0.25, -0.2) is 0 Å². The quantitative estimate of drug-likeness (QED) is 0.583. The van der Waals surface area contributed by atoms with Crippen molar-refractivity contribution >= 4 is 17.5 Å². The third-order valence-electron chi connectivity index (χ3n) is 11.2. The molecule has 3 fully saturated rings. The third kappa shape index (κ3) is 2.60. The zero-order valence-electron chi connectivity index (χ0n) is 20.8. The minimum atomic E-state index is -0.980. The number of esters is 1. The lowest BCUT2D eigenvalue weighted by Gasteiger charge is -2.61. The van der Waals surface area contributed by atoms with Gasteiger partial charge in [0.25, 0.3) is 0 Å². The second-order valence-electron chi connectivity index (χ2n) is 13.0. The van der Waals surface area contributed by atoms with Crippen LogP contribution in [0.2, 0.25) is 0 Å². The first-order valence-electron chi connectivity index (χ1n) is 12.5. The molecule has 1 aliphatic heterocycles. The van der Waals surface area contributed by atoms with Gasteiger partial charge in [-0.15, -0.1) is 0 Å². The minimum absolute atomic E-state index is 0.0102. The summed E-state index contributed by atoms with van der Waals surface area (Å²) in [6, 6.07) is 0. The Labute approximate surface area is 196 Å². The number of allylic oxidation sites excluding steroid dienone is 1. The summed E-state index contributed by atoms with van der Waals surface area (Å²) in [4.78, 5) is 39.9. The third-order valence-corrected chi connectivity index (χ3v) is 11.2. The van der Waals surface area contributed by atoms with Crippen LogP contribution >= 0.6 is 0 Å². The van der Waals surface area contributed by atoms with Crippen molar-refractivity contribution < 1.29 is 29.3 Å². The summed E-state index contributed by atoms with van der Waals surface area (Å²) >= 11 is 0. The lowest BCUT2D eigenvalue weighted by molar-refractivity contribution is -0.159. The Bertz CT molecular complexity index is 995. The van der Waals surface area contributed by atoms with Crippen LogP contribution in [0.5, 0.6) is 0 Å². The molecule has 0 radical (unpaired) electrons. The number of hydrogen-bond donors (Lipinski definition) is 2. The van der Waals surface area contributed by atoms with Gasteiger partial charge >= 0.3 is 5.97 Å². The topological polar surface area (TPSA) is 101 Å². The van der Waals surface area contributed by atoms with E-state index in [1.54, 1.807) is 0 Å². The van der Waals surface area contributed by atoms with E-state index in [1.165, 1.54) is 0 Å². The number of carbonyl (C=O) groups excluding carboxylic acids is 3. The molecule has 2 saturated carbocycles. The molecule has 33 heavy (non-hydrogen) atoms. The van der Waals surface area contributed by atoms with Crippen LogP contribution in [0.15, 0.2) is 11.1 Å². The number of carbonyl (C=O) groups is 3. The number of ether oxygens (including phenoxy) is 1. The number of fused-ring (bicyclic) bond motifs is 4. The molecule has 0 amide bonds. The number of hydrogen-bond acceptors (Lipinski definition) is 6. The highest BCUT2D eigenvalue weighted by Gasteiger charge is 2.72. The molecular formula is C27H38O6. The molecule has 0 bridgehead atoms. The highest BCUT2D eigenvalue weighted by Crippen LogP contribution is 2.71. The Kier molecular flexibility index (Phi) is 4.62. The molecule has 0 aromatic rings. The average Bonchev–Trinajstić information content (AvgIpc) is 3.16. The summed E-state index contributed by atoms with van der Waals surface area (Å²) in [6.07, 6.45) is 1.64. The standard InChI is InChI=1S/C27H38O6/c1-23(2)16-11-14(28)22-21(24(16,3)9-7-18(23)30)15(29)13-25(4)17(12-19(31)27(22,25)6)26(5)10-8-20(32)33-26/h14,16-18,28,30H,7-13H2,1-6H3/t14-,16-,17-,18-,24-,25+,26-,27?/m0/s1. The largest absolute Gasteiger partial charge is 0.459 e. The first-order valence-corrected chi connectivity index (χ1v) is 12.5. The van der Waals surface area contributed by atoms with Crippen molar-refractivity contribution in [3.05, 3.63) is 11.1 Å². The van der Waals surface area contributed by atoms with Crippen molar-refractivity contribution in [1.29, 1.82) is 0 Å². The van der Waals surface area contributed by atoms with Gasteiger partial charge in [-0.05, 0) is 67.3 Å². The monoisotopic (exact) mass is 458 g/mol. The van der Waals surface area contributed by atoms with Gasteiger partial charge in [-0.1, -0.05) is 27.7 Å². The summed E-state index contributed by atoms with van der Waals surface area (Å²) in [5.74, 6) is -0.527. The van der Waals surface area contributed by atoms with E-state index in [4.69, 9.17) is 4.74 Å². The van der Waals surface area contributed by atoms with E-state index in [2.05, 4.69) is 6.92 Å². The van der Waals surface area contributed by atoms with E-state index in [0.29, 0.717) is 43.3 Å². The molecule has 1 heterocycles. The van der Waals surface area contributed by atoms with Gasteiger partial charge in [0.15, 0.2) is 5.78 Å². The first-order chi connectivity index (χ1) is 15.1. The molecular weight excluding hydrogens is 420 g/mol. The van der Waals surface area contributed by atoms with E-state index in [9.17, 15) is 24.6 Å². The van der Waals surface area contributed by atoms with E-state index in [0.717, 1.165) is 0 Å². The molecule has 1 saturated heterocycles. The fraction of sp³-hybridized carbons (Fsp3) is 0.815. The Balaban J connectivity index is 1.69. The van der Waals surface area contributed by atoms with Crippen molar-refractivity contribution in [2.24, 2.45) is 33.5 Å². The summed E-state index contributed by atoms with van der Waals surface area (Å²) < 4.78 is 5.77. The number of aliphatic hydroxyl groups is 2. The number of rotatable bonds is 1. The second-order valence-corrected chi connectivity index (χ2v) is 13.0. The molecule has 4 aliphatic carbocycles. The van der Waals surface area contributed by atoms with E-state index in [1.807, 2.05) is 34.6 Å². The molecule has 1 unspecified atom stereocenters. The van der Waals surface area contributed by atoms with Crippen molar-refractivity contribution in [1.82, 2.24) is 0 Å². The van der Waals surface area contributed by atoms with Crippen LogP contribution in [0, 0.1) is 33.5 Å². The SMILES string of the molecule is CC1(C)[C@@H](O)CC[C@]2(C)C3=C([C@@H](O)C[C@@H]12)C1(C)C(=O)C[C@H]([C@]2(C)CCC(=O)O2)[C@@]1(C)CC3=O. The van der Waals surface area contributed by atoms with Crippen molar-refractivity contribution in [2.75, 3.05) is 0 Å². The van der Waals surface area contributed by atoms with Gasteiger partial charge in [-0.3, -0.25) is 14.4 Å². The zero-order chi connectivity index (χ0) is 24.4. The van der Waals surface area contributed by atoms with Crippen molar-refractivity contribution in [3.8, 4) is 0 Å². The molecule has 5 aliphatic rings. The Morgan fingerprint density at radius 2 is 1.61 bits per heavy atom.